The fourth-order valence-corrected chi connectivity index (χ4v) is 5.53. The number of carbonyl (C=O) groups excluding carboxylic acids is 1. The van der Waals surface area contributed by atoms with Gasteiger partial charge >= 0.3 is 0 Å². The molecule has 2 atom stereocenters. The molecule has 4 fully saturated rings. The highest BCUT2D eigenvalue weighted by atomic mass is 16.3. The Balaban J connectivity index is 1.84. The third-order valence-electron chi connectivity index (χ3n) is 5.65. The van der Waals surface area contributed by atoms with Gasteiger partial charge in [-0.2, -0.15) is 0 Å². The molecule has 4 aliphatic carbocycles. The van der Waals surface area contributed by atoms with Crippen LogP contribution in [-0.2, 0) is 4.79 Å². The van der Waals surface area contributed by atoms with E-state index in [0.29, 0.717) is 18.6 Å². The van der Waals surface area contributed by atoms with E-state index in [1.807, 2.05) is 6.92 Å². The van der Waals surface area contributed by atoms with Crippen molar-refractivity contribution < 1.29 is 9.90 Å². The molecule has 1 N–H and O–H groups in total. The molecule has 2 nitrogen and oxygen atoms in total. The molecule has 4 bridgehead atoms. The quantitative estimate of drug-likeness (QED) is 0.776. The van der Waals surface area contributed by atoms with E-state index in [1.54, 1.807) is 0 Å². The van der Waals surface area contributed by atoms with E-state index in [1.165, 1.54) is 32.1 Å². The molecule has 2 heteroatoms. The first-order valence-electron chi connectivity index (χ1n) is 7.26. The van der Waals surface area contributed by atoms with Gasteiger partial charge in [0.05, 0.1) is 0 Å². The Morgan fingerprint density at radius 1 is 1.22 bits per heavy atom. The minimum absolute atomic E-state index is 0.152. The van der Waals surface area contributed by atoms with Gasteiger partial charge in [-0.15, -0.1) is 0 Å². The van der Waals surface area contributed by atoms with Crippen LogP contribution in [0.1, 0.15) is 51.9 Å². The molecule has 4 rings (SSSR count). The van der Waals surface area contributed by atoms with Crippen LogP contribution in [0.4, 0.5) is 0 Å². The zero-order chi connectivity index (χ0) is 13.0. The summed E-state index contributed by atoms with van der Waals surface area (Å²) in [6.45, 7) is 5.94. The summed E-state index contributed by atoms with van der Waals surface area (Å²) >= 11 is 0. The second kappa shape index (κ2) is 3.93. The molecule has 4 aliphatic rings. The molecule has 4 saturated carbocycles. The molecule has 0 aromatic rings. The molecule has 2 unspecified atom stereocenters. The van der Waals surface area contributed by atoms with Gasteiger partial charge in [0.1, 0.15) is 0 Å². The minimum Gasteiger partial charge on any atom is -0.396 e. The number of carbonyl (C=O) groups is 1. The van der Waals surface area contributed by atoms with E-state index in [0.717, 1.165) is 18.3 Å². The Labute approximate surface area is 109 Å². The first kappa shape index (κ1) is 12.4. The molecular weight excluding hydrogens is 224 g/mol. The average Bonchev–Trinajstić information content (AvgIpc) is 2.26. The average molecular weight is 248 g/mol. The molecular formula is C16H24O2. The van der Waals surface area contributed by atoms with Crippen molar-refractivity contribution in [2.45, 2.75) is 51.9 Å². The predicted molar refractivity (Wildman–Crippen MR) is 71.1 cm³/mol. The topological polar surface area (TPSA) is 37.3 Å². The SMILES string of the molecule is C=C(C)C(=O)CC12CC3CC(CC(CO)(C3)C1)C2. The van der Waals surface area contributed by atoms with E-state index in [4.69, 9.17) is 0 Å². The van der Waals surface area contributed by atoms with Crippen LogP contribution >= 0.6 is 0 Å². The lowest BCUT2D eigenvalue weighted by Gasteiger charge is -2.61. The maximum absolute atomic E-state index is 12.1. The van der Waals surface area contributed by atoms with Crippen molar-refractivity contribution in [2.24, 2.45) is 22.7 Å². The second-order valence-corrected chi connectivity index (χ2v) is 7.50. The first-order chi connectivity index (χ1) is 8.46. The fraction of sp³-hybridized carbons (Fsp3) is 0.812. The molecule has 0 spiro atoms. The summed E-state index contributed by atoms with van der Waals surface area (Å²) < 4.78 is 0. The van der Waals surface area contributed by atoms with E-state index in [2.05, 4.69) is 6.58 Å². The van der Waals surface area contributed by atoms with Crippen LogP contribution in [0, 0.1) is 22.7 Å². The van der Waals surface area contributed by atoms with E-state index < -0.39 is 0 Å². The van der Waals surface area contributed by atoms with E-state index in [-0.39, 0.29) is 16.6 Å². The molecule has 0 amide bonds. The number of rotatable bonds is 4. The van der Waals surface area contributed by atoms with Crippen LogP contribution in [0.25, 0.3) is 0 Å². The fourth-order valence-electron chi connectivity index (χ4n) is 5.53. The van der Waals surface area contributed by atoms with Crippen molar-refractivity contribution in [3.05, 3.63) is 12.2 Å². The van der Waals surface area contributed by atoms with E-state index >= 15 is 0 Å². The zero-order valence-electron chi connectivity index (χ0n) is 11.4. The first-order valence-corrected chi connectivity index (χ1v) is 7.26. The molecule has 0 saturated heterocycles. The van der Waals surface area contributed by atoms with Gasteiger partial charge in [-0.25, -0.2) is 0 Å². The predicted octanol–water partition coefficient (Wildman–Crippen LogP) is 3.10. The highest BCUT2D eigenvalue weighted by Gasteiger charge is 2.57. The smallest absolute Gasteiger partial charge is 0.158 e. The third kappa shape index (κ3) is 1.85. The maximum Gasteiger partial charge on any atom is 0.158 e. The van der Waals surface area contributed by atoms with Crippen molar-refractivity contribution in [2.75, 3.05) is 6.61 Å². The lowest BCUT2D eigenvalue weighted by atomic mass is 9.43. The minimum atomic E-state index is 0.152. The Bertz CT molecular complexity index is 382. The lowest BCUT2D eigenvalue weighted by molar-refractivity contribution is -0.143. The Morgan fingerprint density at radius 3 is 2.28 bits per heavy atom. The third-order valence-corrected chi connectivity index (χ3v) is 5.65. The van der Waals surface area contributed by atoms with Gasteiger partial charge in [0.2, 0.25) is 0 Å². The van der Waals surface area contributed by atoms with Crippen LogP contribution < -0.4 is 0 Å². The highest BCUT2D eigenvalue weighted by molar-refractivity contribution is 5.94. The van der Waals surface area contributed by atoms with Gasteiger partial charge in [-0.05, 0) is 73.7 Å². The number of hydrogen-bond donors (Lipinski definition) is 1. The largest absolute Gasteiger partial charge is 0.396 e. The number of ketones is 1. The zero-order valence-corrected chi connectivity index (χ0v) is 11.4. The van der Waals surface area contributed by atoms with Crippen molar-refractivity contribution in [3.63, 3.8) is 0 Å². The van der Waals surface area contributed by atoms with Crippen LogP contribution in [0.3, 0.4) is 0 Å². The normalized spacial score (nSPS) is 45.2. The number of aliphatic hydroxyl groups is 1. The Morgan fingerprint density at radius 2 is 1.78 bits per heavy atom. The Hall–Kier alpha value is -0.630. The van der Waals surface area contributed by atoms with Crippen molar-refractivity contribution >= 4 is 5.78 Å². The van der Waals surface area contributed by atoms with Crippen molar-refractivity contribution in [3.8, 4) is 0 Å². The van der Waals surface area contributed by atoms with Gasteiger partial charge in [-0.3, -0.25) is 4.79 Å². The summed E-state index contributed by atoms with van der Waals surface area (Å²) in [6, 6.07) is 0. The lowest BCUT2D eigenvalue weighted by Crippen LogP contribution is -2.53. The van der Waals surface area contributed by atoms with E-state index in [9.17, 15) is 9.90 Å². The van der Waals surface area contributed by atoms with Gasteiger partial charge in [0.15, 0.2) is 5.78 Å². The number of allylic oxidation sites excluding steroid dienone is 1. The van der Waals surface area contributed by atoms with Crippen LogP contribution in [0.15, 0.2) is 12.2 Å². The standard InChI is InChI=1S/C16H24O2/c1-11(2)14(18)8-15-4-12-3-13(5-15)7-16(6-12,9-15)10-17/h12-13,17H,1,3-10H2,2H3. The van der Waals surface area contributed by atoms with Gasteiger partial charge in [0.25, 0.3) is 0 Å². The Kier molecular flexibility index (Phi) is 2.71. The van der Waals surface area contributed by atoms with Crippen LogP contribution in [-0.4, -0.2) is 17.5 Å². The summed E-state index contributed by atoms with van der Waals surface area (Å²) in [7, 11) is 0. The summed E-state index contributed by atoms with van der Waals surface area (Å²) in [6.07, 6.45) is 7.91. The maximum atomic E-state index is 12.1. The molecule has 0 heterocycles. The monoisotopic (exact) mass is 248 g/mol. The summed E-state index contributed by atoms with van der Waals surface area (Å²) in [5.41, 5.74) is 1.05. The molecule has 0 aromatic heterocycles. The van der Waals surface area contributed by atoms with Gasteiger partial charge in [-0.1, -0.05) is 6.58 Å². The molecule has 18 heavy (non-hydrogen) atoms. The summed E-state index contributed by atoms with van der Waals surface area (Å²) in [5, 5.41) is 9.79. The molecule has 0 aliphatic heterocycles. The molecule has 0 radical (unpaired) electrons. The van der Waals surface area contributed by atoms with Crippen LogP contribution in [0.2, 0.25) is 0 Å². The second-order valence-electron chi connectivity index (χ2n) is 7.50. The highest BCUT2D eigenvalue weighted by Crippen LogP contribution is 2.66. The van der Waals surface area contributed by atoms with Crippen LogP contribution in [0.5, 0.6) is 0 Å². The number of aliphatic hydroxyl groups excluding tert-OH is 1. The number of Topliss-reactive ketones (excluding diaryl/α,β-unsaturated/α-hetero) is 1. The summed E-state index contributed by atoms with van der Waals surface area (Å²) in [5.74, 6) is 1.76. The molecule has 0 aromatic carbocycles. The van der Waals surface area contributed by atoms with Gasteiger partial charge < -0.3 is 5.11 Å². The van der Waals surface area contributed by atoms with Crippen molar-refractivity contribution in [1.29, 1.82) is 0 Å². The number of hydrogen-bond acceptors (Lipinski definition) is 2. The molecule has 100 valence electrons. The van der Waals surface area contributed by atoms with Gasteiger partial charge in [0, 0.05) is 13.0 Å². The summed E-state index contributed by atoms with van der Waals surface area (Å²) in [4.78, 5) is 12.1. The van der Waals surface area contributed by atoms with Crippen molar-refractivity contribution in [1.82, 2.24) is 0 Å².